The van der Waals surface area contributed by atoms with Crippen molar-refractivity contribution in [1.29, 1.82) is 5.26 Å². The molecule has 3 N–H and O–H groups in total. The van der Waals surface area contributed by atoms with Crippen LogP contribution in [0.15, 0.2) is 83.9 Å². The van der Waals surface area contributed by atoms with Crippen LogP contribution in [0.2, 0.25) is 0 Å². The van der Waals surface area contributed by atoms with E-state index in [2.05, 4.69) is 15.3 Å². The molecule has 6 aromatic rings. The van der Waals surface area contributed by atoms with Crippen LogP contribution in [0.5, 0.6) is 5.75 Å². The summed E-state index contributed by atoms with van der Waals surface area (Å²) in [6.07, 6.45) is 2.97. The zero-order chi connectivity index (χ0) is 32.5. The largest absolute Gasteiger partial charge is 0.508 e. The predicted octanol–water partition coefficient (Wildman–Crippen LogP) is 5.88. The van der Waals surface area contributed by atoms with E-state index in [1.54, 1.807) is 30.5 Å². The second-order valence-corrected chi connectivity index (χ2v) is 11.4. The number of hydrogen-bond acceptors (Lipinski definition) is 6. The average molecular weight is 619 g/mol. The van der Waals surface area contributed by atoms with Crippen LogP contribution in [0, 0.1) is 23.0 Å². The SMILES string of the molecule is CC(C)c1ccc(-n2c(C(Cc3cc(F)cc(F)c3)NC(=O)Cc3c[nH]c4ccc(O)cc34)nc3cc(C#N)ccc3c2=O)cn1. The minimum Gasteiger partial charge on any atom is -0.508 e. The van der Waals surface area contributed by atoms with E-state index >= 15 is 0 Å². The van der Waals surface area contributed by atoms with Gasteiger partial charge in [-0.2, -0.15) is 5.26 Å². The Morgan fingerprint density at radius 2 is 1.83 bits per heavy atom. The first-order chi connectivity index (χ1) is 22.1. The lowest BCUT2D eigenvalue weighted by Crippen LogP contribution is -2.36. The van der Waals surface area contributed by atoms with Gasteiger partial charge in [0.2, 0.25) is 5.91 Å². The van der Waals surface area contributed by atoms with E-state index in [-0.39, 0.29) is 52.4 Å². The summed E-state index contributed by atoms with van der Waals surface area (Å²) < 4.78 is 30.0. The standard InChI is InChI=1S/C35H28F2N6O3/c1-19(2)29-7-4-25(18-40-29)43-34(42-31-11-20(16-38)3-6-27(31)35(43)46)32(12-21-9-23(36)14-24(37)10-21)41-33(45)13-22-17-39-30-8-5-26(44)15-28(22)30/h3-11,14-15,17-19,32,39,44H,12-13H2,1-2H3,(H,41,45). The Balaban J connectivity index is 1.50. The lowest BCUT2D eigenvalue weighted by Gasteiger charge is -2.23. The molecule has 1 amide bonds. The molecular formula is C35H28F2N6O3. The summed E-state index contributed by atoms with van der Waals surface area (Å²) in [4.78, 5) is 40.1. The minimum absolute atomic E-state index is 0.0398. The van der Waals surface area contributed by atoms with Crippen LogP contribution >= 0.6 is 0 Å². The van der Waals surface area contributed by atoms with E-state index in [9.17, 15) is 28.7 Å². The molecule has 0 saturated heterocycles. The number of rotatable bonds is 8. The Bertz CT molecular complexity index is 2200. The summed E-state index contributed by atoms with van der Waals surface area (Å²) in [5, 5.41) is 23.3. The van der Waals surface area contributed by atoms with E-state index in [1.165, 1.54) is 35.0 Å². The second-order valence-electron chi connectivity index (χ2n) is 11.4. The third-order valence-electron chi connectivity index (χ3n) is 7.76. The lowest BCUT2D eigenvalue weighted by atomic mass is 10.0. The molecule has 0 aliphatic heterocycles. The van der Waals surface area contributed by atoms with E-state index in [1.807, 2.05) is 19.9 Å². The Hall–Kier alpha value is -5.89. The number of amides is 1. The molecule has 0 fully saturated rings. The summed E-state index contributed by atoms with van der Waals surface area (Å²) in [5.74, 6) is -1.81. The van der Waals surface area contributed by atoms with Gasteiger partial charge in [-0.3, -0.25) is 19.1 Å². The van der Waals surface area contributed by atoms with Crippen molar-refractivity contribution in [3.63, 3.8) is 0 Å². The van der Waals surface area contributed by atoms with Crippen LogP contribution in [0.1, 0.15) is 54.0 Å². The average Bonchev–Trinajstić information content (AvgIpc) is 3.41. The summed E-state index contributed by atoms with van der Waals surface area (Å²) in [7, 11) is 0. The van der Waals surface area contributed by atoms with Gasteiger partial charge in [-0.05, 0) is 77.7 Å². The van der Waals surface area contributed by atoms with Crippen LogP contribution < -0.4 is 10.9 Å². The van der Waals surface area contributed by atoms with Gasteiger partial charge < -0.3 is 15.4 Å². The number of benzene rings is 3. The number of phenolic OH excluding ortho intramolecular Hbond substituents is 1. The van der Waals surface area contributed by atoms with Crippen molar-refractivity contribution in [2.75, 3.05) is 0 Å². The minimum atomic E-state index is -1.06. The van der Waals surface area contributed by atoms with Crippen molar-refractivity contribution < 1.29 is 18.7 Å². The molecule has 0 aliphatic rings. The fourth-order valence-electron chi connectivity index (χ4n) is 5.53. The van der Waals surface area contributed by atoms with E-state index in [0.717, 1.165) is 29.4 Å². The van der Waals surface area contributed by atoms with Crippen molar-refractivity contribution in [2.24, 2.45) is 0 Å². The van der Waals surface area contributed by atoms with Gasteiger partial charge in [0.25, 0.3) is 5.56 Å². The number of nitriles is 1. The number of aromatic amines is 1. The molecule has 0 spiro atoms. The molecule has 6 rings (SSSR count). The van der Waals surface area contributed by atoms with Crippen molar-refractivity contribution in [1.82, 2.24) is 24.8 Å². The highest BCUT2D eigenvalue weighted by atomic mass is 19.1. The number of fused-ring (bicyclic) bond motifs is 2. The number of nitrogens with one attached hydrogen (secondary N) is 2. The molecule has 11 heteroatoms. The maximum atomic E-state index is 14.3. The molecule has 3 aromatic carbocycles. The van der Waals surface area contributed by atoms with Gasteiger partial charge in [-0.25, -0.2) is 13.8 Å². The summed E-state index contributed by atoms with van der Waals surface area (Å²) in [6, 6.07) is 16.8. The third-order valence-corrected chi connectivity index (χ3v) is 7.76. The monoisotopic (exact) mass is 618 g/mol. The predicted molar refractivity (Wildman–Crippen MR) is 169 cm³/mol. The first-order valence-electron chi connectivity index (χ1n) is 14.6. The number of H-pyrrole nitrogens is 1. The number of carbonyl (C=O) groups excluding carboxylic acids is 1. The maximum Gasteiger partial charge on any atom is 0.266 e. The van der Waals surface area contributed by atoms with Crippen LogP contribution in [0.3, 0.4) is 0 Å². The maximum absolute atomic E-state index is 14.3. The first-order valence-corrected chi connectivity index (χ1v) is 14.6. The van der Waals surface area contributed by atoms with Crippen molar-refractivity contribution in [3.8, 4) is 17.5 Å². The smallest absolute Gasteiger partial charge is 0.266 e. The number of aromatic nitrogens is 4. The number of phenols is 1. The van der Waals surface area contributed by atoms with Gasteiger partial charge in [0, 0.05) is 35.3 Å². The molecule has 230 valence electrons. The molecule has 0 radical (unpaired) electrons. The highest BCUT2D eigenvalue weighted by Gasteiger charge is 2.25. The normalized spacial score (nSPS) is 12.0. The Morgan fingerprint density at radius 3 is 2.52 bits per heavy atom. The molecule has 46 heavy (non-hydrogen) atoms. The fraction of sp³-hybridized carbons (Fsp3) is 0.171. The highest BCUT2D eigenvalue weighted by Crippen LogP contribution is 2.26. The van der Waals surface area contributed by atoms with Crippen molar-refractivity contribution in [2.45, 2.75) is 38.6 Å². The zero-order valence-corrected chi connectivity index (χ0v) is 24.9. The van der Waals surface area contributed by atoms with Crippen LogP contribution in [-0.4, -0.2) is 30.5 Å². The quantitative estimate of drug-likeness (QED) is 0.195. The molecule has 9 nitrogen and oxygen atoms in total. The molecular weight excluding hydrogens is 590 g/mol. The van der Waals surface area contributed by atoms with Crippen LogP contribution in [0.4, 0.5) is 8.78 Å². The van der Waals surface area contributed by atoms with Gasteiger partial charge >= 0.3 is 0 Å². The second kappa shape index (κ2) is 12.2. The lowest BCUT2D eigenvalue weighted by molar-refractivity contribution is -0.121. The zero-order valence-electron chi connectivity index (χ0n) is 24.9. The Kier molecular flexibility index (Phi) is 8.03. The topological polar surface area (TPSA) is 137 Å². The third kappa shape index (κ3) is 6.05. The van der Waals surface area contributed by atoms with Crippen molar-refractivity contribution >= 4 is 27.7 Å². The van der Waals surface area contributed by atoms with Gasteiger partial charge in [-0.1, -0.05) is 13.8 Å². The number of halogens is 2. The molecule has 0 saturated carbocycles. The number of pyridine rings is 1. The van der Waals surface area contributed by atoms with Gasteiger partial charge in [0.1, 0.15) is 23.2 Å². The van der Waals surface area contributed by atoms with Crippen molar-refractivity contribution in [3.05, 3.63) is 129 Å². The Morgan fingerprint density at radius 1 is 1.04 bits per heavy atom. The Labute approximate surface area is 261 Å². The molecule has 1 unspecified atom stereocenters. The fourth-order valence-corrected chi connectivity index (χ4v) is 5.53. The number of hydrogen-bond donors (Lipinski definition) is 3. The summed E-state index contributed by atoms with van der Waals surface area (Å²) in [6.45, 7) is 3.98. The molecule has 0 bridgehead atoms. The number of nitrogens with zero attached hydrogens (tertiary/aromatic N) is 4. The molecule has 1 atom stereocenters. The van der Waals surface area contributed by atoms with Crippen LogP contribution in [-0.2, 0) is 17.6 Å². The molecule has 3 aromatic heterocycles. The van der Waals surface area contributed by atoms with E-state index in [4.69, 9.17) is 4.98 Å². The summed E-state index contributed by atoms with van der Waals surface area (Å²) >= 11 is 0. The first kappa shape index (κ1) is 30.1. The number of carbonyl (C=O) groups is 1. The van der Waals surface area contributed by atoms with Crippen LogP contribution in [0.25, 0.3) is 27.5 Å². The summed E-state index contributed by atoms with van der Waals surface area (Å²) in [5.41, 5.74) is 2.76. The van der Waals surface area contributed by atoms with Gasteiger partial charge in [-0.15, -0.1) is 0 Å². The van der Waals surface area contributed by atoms with Gasteiger partial charge in [0.05, 0.1) is 46.9 Å². The van der Waals surface area contributed by atoms with E-state index in [0.29, 0.717) is 16.6 Å². The molecule has 0 aliphatic carbocycles. The molecule has 3 heterocycles. The van der Waals surface area contributed by atoms with E-state index < -0.39 is 29.1 Å². The van der Waals surface area contributed by atoms with Gasteiger partial charge in [0.15, 0.2) is 0 Å². The highest BCUT2D eigenvalue weighted by molar-refractivity contribution is 5.90. The number of aromatic hydroxyl groups is 1.